The highest BCUT2D eigenvalue weighted by Gasteiger charge is 2.46. The maximum atomic E-state index is 14.2. The second-order valence-electron chi connectivity index (χ2n) is 28.6. The number of benzene rings is 4. The van der Waals surface area contributed by atoms with Gasteiger partial charge in [-0.3, -0.25) is 58.2 Å². The minimum Gasteiger partial charge on any atom is -0.481 e. The van der Waals surface area contributed by atoms with Crippen LogP contribution in [0.15, 0.2) is 148 Å². The van der Waals surface area contributed by atoms with Gasteiger partial charge in [-0.25, -0.2) is 19.2 Å². The molecule has 114 heavy (non-hydrogen) atoms. The van der Waals surface area contributed by atoms with Gasteiger partial charge in [0.2, 0.25) is 35.3 Å². The lowest BCUT2D eigenvalue weighted by atomic mass is 9.81. The number of nitrogens with one attached hydrogen (secondary N) is 7. The van der Waals surface area contributed by atoms with E-state index in [0.717, 1.165) is 0 Å². The summed E-state index contributed by atoms with van der Waals surface area (Å²) >= 11 is 0. The number of allylic oxidation sites excluding steroid dienone is 7. The molecule has 2 aliphatic heterocycles. The standard InChI is InChI=1S/C75H93N9O26S4/c1-74(2)53-44-51(113(104,105)106)28-32-59(53)83(38-11-13-40-111(98,99)100)61(74)34-24-48-18-15-19-49(25-35-62-75(3,4)54-45-52(114(107,108)109)29-33-60(54)84(62)39-12-14-41-112(101,102)103)67(48)110-50-26-22-47(23-27-50)43-58(71(95)96)78-68(90)57(42-46-16-7-5-8-17-46)77-63(85)20-9-6-10-21-64(86)81-72(76)82-65(87)36-30-55(69(91)92)79-73(97)80-56(70(93)94)31-37-66(88)89/h5,7-8,16-17,22-29,32-35,44-45,55-58H,6,9-15,18-21,30-31,36-43H2,1-4H3,(H14-,76,77,78,79,80,81,82,85,86,87,88,89,90,91,92,93,94,95,96,97,98,99,100,101,102,103,104,105,106,107,108,109)/p+1/t55-,56-,57-,58-/m0/s1. The molecule has 0 saturated heterocycles. The Bertz CT molecular complexity index is 4980. The van der Waals surface area contributed by atoms with Crippen LogP contribution in [0.2, 0.25) is 0 Å². The molecule has 0 saturated carbocycles. The van der Waals surface area contributed by atoms with Crippen molar-refractivity contribution in [1.82, 2.24) is 31.9 Å². The summed E-state index contributed by atoms with van der Waals surface area (Å²) in [6.07, 6.45) is 7.19. The Morgan fingerprint density at radius 3 is 1.68 bits per heavy atom. The van der Waals surface area contributed by atoms with E-state index in [2.05, 4.69) is 21.3 Å². The van der Waals surface area contributed by atoms with Gasteiger partial charge in [0.05, 0.1) is 26.7 Å². The molecule has 618 valence electrons. The number of rotatable bonds is 41. The van der Waals surface area contributed by atoms with E-state index in [1.165, 1.54) is 24.3 Å². The van der Waals surface area contributed by atoms with Crippen molar-refractivity contribution in [2.75, 3.05) is 29.5 Å². The fourth-order valence-corrected chi connectivity index (χ4v) is 15.5. The van der Waals surface area contributed by atoms with Gasteiger partial charge < -0.3 is 51.3 Å². The molecule has 6 amide bonds. The predicted octanol–water partition coefficient (Wildman–Crippen LogP) is 6.38. The third-order valence-corrected chi connectivity index (χ3v) is 22.5. The van der Waals surface area contributed by atoms with E-state index in [0.29, 0.717) is 81.2 Å². The predicted molar refractivity (Wildman–Crippen MR) is 413 cm³/mol. The van der Waals surface area contributed by atoms with E-state index in [9.17, 15) is 110 Å². The van der Waals surface area contributed by atoms with Gasteiger partial charge >= 0.3 is 29.9 Å². The first-order chi connectivity index (χ1) is 53.3. The molecular weight excluding hydrogens is 1570 g/mol. The summed E-state index contributed by atoms with van der Waals surface area (Å²) in [5, 5.41) is 59.7. The van der Waals surface area contributed by atoms with Crippen molar-refractivity contribution in [2.24, 2.45) is 0 Å². The molecule has 0 radical (unpaired) electrons. The minimum absolute atomic E-state index is 0.0530. The average molecular weight is 1670 g/mol. The highest BCUT2D eigenvalue weighted by Crippen LogP contribution is 2.49. The molecule has 1 aliphatic carbocycles. The summed E-state index contributed by atoms with van der Waals surface area (Å²) in [5.41, 5.74) is 3.90. The number of fused-ring (bicyclic) bond motifs is 2. The molecule has 0 spiro atoms. The summed E-state index contributed by atoms with van der Waals surface area (Å²) in [6, 6.07) is 15.8. The molecule has 35 nitrogen and oxygen atoms in total. The van der Waals surface area contributed by atoms with Gasteiger partial charge in [0.25, 0.3) is 40.5 Å². The molecule has 3 aliphatic rings. The highest BCUT2D eigenvalue weighted by molar-refractivity contribution is 7.86. The number of hydrogen-bond acceptors (Lipinski definition) is 20. The number of aliphatic carboxylic acids is 4. The molecular formula is C75H94N9O26S4+. The number of amides is 6. The van der Waals surface area contributed by atoms with Crippen LogP contribution >= 0.6 is 0 Å². The second kappa shape index (κ2) is 39.5. The van der Waals surface area contributed by atoms with Crippen LogP contribution in [0.4, 0.5) is 16.2 Å². The van der Waals surface area contributed by atoms with Crippen LogP contribution in [0.5, 0.6) is 5.75 Å². The van der Waals surface area contributed by atoms with Crippen LogP contribution in [0.25, 0.3) is 0 Å². The van der Waals surface area contributed by atoms with Crippen molar-refractivity contribution < 1.29 is 125 Å². The number of unbranched alkanes of at least 4 members (excludes halogenated alkanes) is 4. The number of urea groups is 1. The number of ether oxygens (including phenoxy) is 1. The Morgan fingerprint density at radius 1 is 0.553 bits per heavy atom. The number of carboxylic acids is 4. The number of hydrogen-bond donors (Lipinski definition) is 15. The molecule has 0 fully saturated rings. The van der Waals surface area contributed by atoms with Gasteiger partial charge in [0.1, 0.15) is 42.2 Å². The van der Waals surface area contributed by atoms with Crippen molar-refractivity contribution in [1.29, 1.82) is 5.41 Å². The third-order valence-electron chi connectivity index (χ3n) is 19.2. The lowest BCUT2D eigenvalue weighted by molar-refractivity contribution is -0.438. The van der Waals surface area contributed by atoms with E-state index in [1.807, 2.05) is 72.1 Å². The van der Waals surface area contributed by atoms with E-state index < -0.39 is 172 Å². The first-order valence-electron chi connectivity index (χ1n) is 36.3. The normalized spacial score (nSPS) is 16.4. The minimum atomic E-state index is -4.67. The molecule has 7 rings (SSSR count). The van der Waals surface area contributed by atoms with Gasteiger partial charge in [0.15, 0.2) is 5.71 Å². The number of carbonyl (C=O) groups excluding carboxylic acids is 5. The molecule has 4 atom stereocenters. The molecule has 2 heterocycles. The van der Waals surface area contributed by atoms with Crippen LogP contribution in [0.1, 0.15) is 153 Å². The monoisotopic (exact) mass is 1660 g/mol. The van der Waals surface area contributed by atoms with Gasteiger partial charge in [-0.1, -0.05) is 68.8 Å². The summed E-state index contributed by atoms with van der Waals surface area (Å²) in [5.74, 6) is -10.1. The zero-order valence-corrected chi connectivity index (χ0v) is 66.1. The zero-order valence-electron chi connectivity index (χ0n) is 62.8. The average Bonchev–Trinajstić information content (AvgIpc) is 1.59. The van der Waals surface area contributed by atoms with Crippen LogP contribution in [0.3, 0.4) is 0 Å². The van der Waals surface area contributed by atoms with Gasteiger partial charge in [-0.2, -0.15) is 38.2 Å². The van der Waals surface area contributed by atoms with Crippen LogP contribution in [-0.4, -0.2) is 191 Å². The number of nitrogens with zero attached hydrogens (tertiary/aromatic N) is 2. The Labute approximate surface area is 659 Å². The first-order valence-corrected chi connectivity index (χ1v) is 42.4. The second-order valence-corrected chi connectivity index (χ2v) is 34.6. The molecule has 4 aromatic rings. The van der Waals surface area contributed by atoms with Crippen molar-refractivity contribution >= 4 is 117 Å². The summed E-state index contributed by atoms with van der Waals surface area (Å²) in [4.78, 5) is 114. The van der Waals surface area contributed by atoms with Gasteiger partial charge in [-0.05, 0) is 161 Å². The smallest absolute Gasteiger partial charge is 0.326 e. The number of guanidine groups is 1. The molecule has 39 heteroatoms. The van der Waals surface area contributed by atoms with Crippen LogP contribution in [-0.2, 0) is 103 Å². The van der Waals surface area contributed by atoms with E-state index >= 15 is 0 Å². The van der Waals surface area contributed by atoms with E-state index in [-0.39, 0.29) is 99.3 Å². The number of anilines is 1. The Hall–Kier alpha value is -10.6. The summed E-state index contributed by atoms with van der Waals surface area (Å²) in [7, 11) is -18.0. The Morgan fingerprint density at radius 2 is 1.10 bits per heavy atom. The largest absolute Gasteiger partial charge is 0.481 e. The van der Waals surface area contributed by atoms with E-state index in [4.69, 9.17) is 15.3 Å². The molecule has 0 bridgehead atoms. The highest BCUT2D eigenvalue weighted by atomic mass is 32.2. The lowest BCUT2D eigenvalue weighted by Crippen LogP contribution is -2.53. The number of carbonyl (C=O) groups is 9. The fraction of sp³-hybridized carbons (Fsp3) is 0.427. The quantitative estimate of drug-likeness (QED) is 0.00753. The first kappa shape index (κ1) is 90.6. The maximum Gasteiger partial charge on any atom is 0.326 e. The summed E-state index contributed by atoms with van der Waals surface area (Å²) < 4.78 is 145. The Kier molecular flexibility index (Phi) is 31.4. The molecule has 0 unspecified atom stereocenters. The molecule has 4 aromatic carbocycles. The Balaban J connectivity index is 1.08. The topological polar surface area (TPSA) is 564 Å². The maximum absolute atomic E-state index is 14.2. The lowest BCUT2D eigenvalue weighted by Gasteiger charge is -2.27. The fourth-order valence-electron chi connectivity index (χ4n) is 13.4. The SMILES string of the molecule is CC1(C)C(/C=C/C2=C(Oc3ccc(C[C@H](NC(=O)[C@H](Cc4ccccc4)NC(=O)CCCCCC(=O)NC(=N)NC(=O)CC[C@H](NC(=O)N[C@@H](CCC(=O)O)C(=O)O)C(=O)O)C(=O)O)cc3)C(=C/C=C3/N(CCCCS(=O)(=O)O)c4ccc(S(=O)(=O)O)cc4C3(C)C)/CCC2)=[N+](CCCCS(=O)(=O)O)c2ccc(S(=O)(=O)O)cc21. The third kappa shape index (κ3) is 26.8. The van der Waals surface area contributed by atoms with Gasteiger partial charge in [0, 0.05) is 86.0 Å². The van der Waals surface area contributed by atoms with Crippen LogP contribution < -0.4 is 41.5 Å². The van der Waals surface area contributed by atoms with Crippen molar-refractivity contribution in [3.63, 3.8) is 0 Å². The molecule has 0 aromatic heterocycles. The van der Waals surface area contributed by atoms with Crippen LogP contribution in [0, 0.1) is 5.41 Å². The van der Waals surface area contributed by atoms with E-state index in [1.54, 1.807) is 66.7 Å². The zero-order chi connectivity index (χ0) is 84.3. The van der Waals surface area contributed by atoms with Crippen molar-refractivity contribution in [3.05, 3.63) is 160 Å². The van der Waals surface area contributed by atoms with Crippen molar-refractivity contribution in [2.45, 2.75) is 188 Å². The molecule has 15 N–H and O–H groups in total. The van der Waals surface area contributed by atoms with Crippen molar-refractivity contribution in [3.8, 4) is 5.75 Å². The van der Waals surface area contributed by atoms with Gasteiger partial charge in [-0.15, -0.1) is 0 Å². The summed E-state index contributed by atoms with van der Waals surface area (Å²) in [6.45, 7) is 7.81. The number of carboxylic acid groups (broad SMARTS) is 4.